The van der Waals surface area contributed by atoms with Gasteiger partial charge in [-0.05, 0) is 13.8 Å². The molecule has 0 bridgehead atoms. The number of aliphatic hydroxyl groups is 1. The van der Waals surface area contributed by atoms with Crippen LogP contribution < -0.4 is 10.2 Å². The molecule has 0 aliphatic carbocycles. The lowest BCUT2D eigenvalue weighted by Crippen LogP contribution is -2.36. The Kier molecular flexibility index (Phi) is 4.85. The molecule has 2 unspecified atom stereocenters. The maximum atomic E-state index is 10.9. The van der Waals surface area contributed by atoms with Crippen LogP contribution in [-0.2, 0) is 4.79 Å². The Morgan fingerprint density at radius 2 is 2.17 bits per heavy atom. The zero-order valence-electron chi connectivity index (χ0n) is 10.7. The molecule has 0 amide bonds. The second kappa shape index (κ2) is 6.15. The minimum absolute atomic E-state index is 0.370. The number of hydrogen-bond acceptors (Lipinski definition) is 6. The normalized spacial score (nSPS) is 13.8. The van der Waals surface area contributed by atoms with Crippen LogP contribution in [0.25, 0.3) is 0 Å². The zero-order valence-corrected chi connectivity index (χ0v) is 10.7. The second-order valence-corrected chi connectivity index (χ2v) is 4.12. The third kappa shape index (κ3) is 3.85. The van der Waals surface area contributed by atoms with E-state index < -0.39 is 18.1 Å². The Labute approximate surface area is 105 Å². The molecule has 0 aliphatic rings. The number of carboxylic acids is 1. The molecule has 0 aromatic carbocycles. The highest BCUT2D eigenvalue weighted by molar-refractivity contribution is 5.77. The van der Waals surface area contributed by atoms with Crippen LogP contribution in [0.2, 0.25) is 0 Å². The average Bonchev–Trinajstić information content (AvgIpc) is 2.34. The van der Waals surface area contributed by atoms with Gasteiger partial charge in [0, 0.05) is 19.7 Å². The van der Waals surface area contributed by atoms with Crippen molar-refractivity contribution in [3.63, 3.8) is 0 Å². The fraction of sp³-hybridized carbons (Fsp3) is 0.545. The minimum atomic E-state index is -0.922. The number of nitrogens with one attached hydrogen (secondary N) is 1. The number of aliphatic carboxylic acids is 1. The molecule has 18 heavy (non-hydrogen) atoms. The lowest BCUT2D eigenvalue weighted by Gasteiger charge is -2.22. The summed E-state index contributed by atoms with van der Waals surface area (Å²) in [5.41, 5.74) is 0. The van der Waals surface area contributed by atoms with Crippen molar-refractivity contribution in [1.29, 1.82) is 0 Å². The molecule has 3 N–H and O–H groups in total. The first kappa shape index (κ1) is 14.2. The predicted octanol–water partition coefficient (Wildman–Crippen LogP) is 0.179. The number of aromatic nitrogens is 2. The van der Waals surface area contributed by atoms with E-state index >= 15 is 0 Å². The van der Waals surface area contributed by atoms with E-state index in [9.17, 15) is 4.79 Å². The standard InChI is InChI=1S/C11H18N4O3/c1-7(16)5-12-9-4-10(14-6-13-9)15(3)8(2)11(17)18/h4,6-8,16H,5H2,1-3H3,(H,17,18)(H,12,13,14). The number of likely N-dealkylation sites (N-methyl/N-ethyl adjacent to an activating group) is 1. The van der Waals surface area contributed by atoms with Crippen molar-refractivity contribution >= 4 is 17.6 Å². The van der Waals surface area contributed by atoms with E-state index in [1.165, 1.54) is 11.2 Å². The molecule has 0 saturated carbocycles. The average molecular weight is 254 g/mol. The van der Waals surface area contributed by atoms with E-state index in [0.717, 1.165) is 0 Å². The summed E-state index contributed by atoms with van der Waals surface area (Å²) in [4.78, 5) is 20.4. The lowest BCUT2D eigenvalue weighted by molar-refractivity contribution is -0.138. The molecular weight excluding hydrogens is 236 g/mol. The number of anilines is 2. The number of nitrogens with zero attached hydrogens (tertiary/aromatic N) is 3. The molecule has 1 heterocycles. The molecule has 0 spiro atoms. The van der Waals surface area contributed by atoms with E-state index in [-0.39, 0.29) is 0 Å². The summed E-state index contributed by atoms with van der Waals surface area (Å²) in [6.45, 7) is 3.61. The quantitative estimate of drug-likeness (QED) is 0.666. The van der Waals surface area contributed by atoms with Crippen LogP contribution in [0.1, 0.15) is 13.8 Å². The van der Waals surface area contributed by atoms with Gasteiger partial charge in [0.25, 0.3) is 0 Å². The molecule has 0 fully saturated rings. The number of aliphatic hydroxyl groups excluding tert-OH is 1. The number of hydrogen-bond donors (Lipinski definition) is 3. The van der Waals surface area contributed by atoms with E-state index in [1.807, 2.05) is 0 Å². The highest BCUT2D eigenvalue weighted by Gasteiger charge is 2.18. The monoisotopic (exact) mass is 254 g/mol. The predicted molar refractivity (Wildman–Crippen MR) is 67.7 cm³/mol. The molecule has 2 atom stereocenters. The van der Waals surface area contributed by atoms with E-state index in [0.29, 0.717) is 18.2 Å². The first-order valence-corrected chi connectivity index (χ1v) is 5.61. The smallest absolute Gasteiger partial charge is 0.326 e. The van der Waals surface area contributed by atoms with Gasteiger partial charge in [0.1, 0.15) is 24.0 Å². The first-order valence-electron chi connectivity index (χ1n) is 5.61. The van der Waals surface area contributed by atoms with Gasteiger partial charge in [0.2, 0.25) is 0 Å². The van der Waals surface area contributed by atoms with E-state index in [4.69, 9.17) is 10.2 Å². The molecule has 0 radical (unpaired) electrons. The van der Waals surface area contributed by atoms with Gasteiger partial charge in [-0.1, -0.05) is 0 Å². The molecule has 100 valence electrons. The summed E-state index contributed by atoms with van der Waals surface area (Å²) >= 11 is 0. The van der Waals surface area contributed by atoms with Crippen molar-refractivity contribution in [2.45, 2.75) is 26.0 Å². The van der Waals surface area contributed by atoms with E-state index in [2.05, 4.69) is 15.3 Å². The third-order valence-electron chi connectivity index (χ3n) is 2.53. The van der Waals surface area contributed by atoms with Crippen molar-refractivity contribution in [2.75, 3.05) is 23.8 Å². The highest BCUT2D eigenvalue weighted by Crippen LogP contribution is 2.15. The van der Waals surface area contributed by atoms with Crippen LogP contribution in [0, 0.1) is 0 Å². The summed E-state index contributed by atoms with van der Waals surface area (Å²) in [6.07, 6.45) is 0.865. The van der Waals surface area contributed by atoms with Crippen molar-refractivity contribution in [3.8, 4) is 0 Å². The summed E-state index contributed by atoms with van der Waals surface area (Å²) < 4.78 is 0. The van der Waals surface area contributed by atoms with E-state index in [1.54, 1.807) is 27.0 Å². The zero-order chi connectivity index (χ0) is 13.7. The minimum Gasteiger partial charge on any atom is -0.480 e. The molecule has 7 heteroatoms. The van der Waals surface area contributed by atoms with Gasteiger partial charge in [0.15, 0.2) is 0 Å². The number of carbonyl (C=O) groups is 1. The molecular formula is C11H18N4O3. The highest BCUT2D eigenvalue weighted by atomic mass is 16.4. The SMILES string of the molecule is CC(O)CNc1cc(N(C)C(C)C(=O)O)ncn1. The van der Waals surface area contributed by atoms with Gasteiger partial charge in [-0.2, -0.15) is 0 Å². The molecule has 1 aromatic rings. The summed E-state index contributed by atoms with van der Waals surface area (Å²) in [6, 6.07) is 0.964. The van der Waals surface area contributed by atoms with Crippen LogP contribution in [-0.4, -0.2) is 51.9 Å². The summed E-state index contributed by atoms with van der Waals surface area (Å²) in [5, 5.41) is 21.0. The van der Waals surface area contributed by atoms with Crippen LogP contribution >= 0.6 is 0 Å². The van der Waals surface area contributed by atoms with Gasteiger partial charge in [0.05, 0.1) is 6.10 Å². The topological polar surface area (TPSA) is 98.6 Å². The Morgan fingerprint density at radius 3 is 2.72 bits per heavy atom. The molecule has 1 rings (SSSR count). The summed E-state index contributed by atoms with van der Waals surface area (Å²) in [7, 11) is 1.65. The third-order valence-corrected chi connectivity index (χ3v) is 2.53. The van der Waals surface area contributed by atoms with Gasteiger partial charge in [-0.15, -0.1) is 0 Å². The number of carboxylic acid groups (broad SMARTS) is 1. The van der Waals surface area contributed by atoms with Gasteiger partial charge < -0.3 is 20.4 Å². The van der Waals surface area contributed by atoms with Crippen molar-refractivity contribution < 1.29 is 15.0 Å². The lowest BCUT2D eigenvalue weighted by atomic mass is 10.3. The maximum absolute atomic E-state index is 10.9. The van der Waals surface area contributed by atoms with Gasteiger partial charge in [-0.3, -0.25) is 0 Å². The Morgan fingerprint density at radius 1 is 1.50 bits per heavy atom. The van der Waals surface area contributed by atoms with Gasteiger partial charge in [-0.25, -0.2) is 14.8 Å². The first-order chi connectivity index (χ1) is 8.41. The van der Waals surface area contributed by atoms with Gasteiger partial charge >= 0.3 is 5.97 Å². The Balaban J connectivity index is 2.78. The maximum Gasteiger partial charge on any atom is 0.326 e. The number of rotatable bonds is 6. The molecule has 7 nitrogen and oxygen atoms in total. The van der Waals surface area contributed by atoms with Crippen molar-refractivity contribution in [3.05, 3.63) is 12.4 Å². The van der Waals surface area contributed by atoms with Crippen molar-refractivity contribution in [1.82, 2.24) is 9.97 Å². The van der Waals surface area contributed by atoms with Crippen LogP contribution in [0.4, 0.5) is 11.6 Å². The Hall–Kier alpha value is -1.89. The molecule has 0 saturated heterocycles. The molecule has 0 aliphatic heterocycles. The Bertz CT molecular complexity index is 411. The van der Waals surface area contributed by atoms with Crippen LogP contribution in [0.3, 0.4) is 0 Å². The van der Waals surface area contributed by atoms with Crippen molar-refractivity contribution in [2.24, 2.45) is 0 Å². The summed E-state index contributed by atoms with van der Waals surface area (Å²) in [5.74, 6) is 0.132. The van der Waals surface area contributed by atoms with Crippen LogP contribution in [0.5, 0.6) is 0 Å². The van der Waals surface area contributed by atoms with Crippen LogP contribution in [0.15, 0.2) is 12.4 Å². The fourth-order valence-corrected chi connectivity index (χ4v) is 1.25. The molecule has 1 aromatic heterocycles. The second-order valence-electron chi connectivity index (χ2n) is 4.12. The fourth-order valence-electron chi connectivity index (χ4n) is 1.25. The largest absolute Gasteiger partial charge is 0.480 e.